The van der Waals surface area contributed by atoms with Gasteiger partial charge in [-0.1, -0.05) is 0 Å². The van der Waals surface area contributed by atoms with Crippen LogP contribution in [-0.4, -0.2) is 20.2 Å². The minimum absolute atomic E-state index is 0.0692. The van der Waals surface area contributed by atoms with Gasteiger partial charge in [0.05, 0.1) is 25.3 Å². The first-order valence-electron chi connectivity index (χ1n) is 4.53. The van der Waals surface area contributed by atoms with Gasteiger partial charge < -0.3 is 9.47 Å². The van der Waals surface area contributed by atoms with E-state index in [0.29, 0.717) is 0 Å². The summed E-state index contributed by atoms with van der Waals surface area (Å²) in [5.41, 5.74) is -1.18. The van der Waals surface area contributed by atoms with Crippen LogP contribution in [0.4, 0.5) is 8.78 Å². The number of hydrogen-bond acceptors (Lipinski definition) is 4. The number of carbonyl (C=O) groups excluding carboxylic acids is 1. The predicted octanol–water partition coefficient (Wildman–Crippen LogP) is 2.29. The second-order valence-corrected chi connectivity index (χ2v) is 3.04. The molecule has 0 aliphatic heterocycles. The molecule has 1 aromatic rings. The molecule has 0 amide bonds. The molecule has 0 bridgehead atoms. The molecular weight excluding hydrogens is 232 g/mol. The Morgan fingerprint density at radius 1 is 1.41 bits per heavy atom. The zero-order valence-corrected chi connectivity index (χ0v) is 9.16. The third kappa shape index (κ3) is 2.50. The Labute approximate surface area is 96.4 Å². The largest absolute Gasteiger partial charge is 0.497 e. The van der Waals surface area contributed by atoms with Gasteiger partial charge >= 0.3 is 5.97 Å². The highest BCUT2D eigenvalue weighted by atomic mass is 19.3. The van der Waals surface area contributed by atoms with Crippen molar-refractivity contribution in [2.45, 2.75) is 6.43 Å². The Balaban J connectivity index is 3.52. The van der Waals surface area contributed by atoms with Crippen molar-refractivity contribution >= 4 is 5.97 Å². The van der Waals surface area contributed by atoms with Gasteiger partial charge in [0, 0.05) is 5.56 Å². The zero-order chi connectivity index (χ0) is 13.0. The Morgan fingerprint density at radius 3 is 2.47 bits per heavy atom. The third-order valence-corrected chi connectivity index (χ3v) is 2.13. The van der Waals surface area contributed by atoms with Crippen molar-refractivity contribution in [1.29, 1.82) is 5.26 Å². The molecule has 0 unspecified atom stereocenters. The molecular formula is C11H9F2NO3. The van der Waals surface area contributed by atoms with Crippen LogP contribution in [0.2, 0.25) is 0 Å². The van der Waals surface area contributed by atoms with Crippen molar-refractivity contribution in [2.24, 2.45) is 0 Å². The van der Waals surface area contributed by atoms with Crippen LogP contribution >= 0.6 is 0 Å². The lowest BCUT2D eigenvalue weighted by Crippen LogP contribution is -2.07. The Hall–Kier alpha value is -2.16. The van der Waals surface area contributed by atoms with Gasteiger partial charge in [0.25, 0.3) is 6.43 Å². The number of alkyl halides is 2. The van der Waals surface area contributed by atoms with E-state index in [0.717, 1.165) is 13.2 Å². The van der Waals surface area contributed by atoms with Crippen LogP contribution in [-0.2, 0) is 4.74 Å². The van der Waals surface area contributed by atoms with E-state index >= 15 is 0 Å². The van der Waals surface area contributed by atoms with Gasteiger partial charge in [-0.3, -0.25) is 0 Å². The summed E-state index contributed by atoms with van der Waals surface area (Å²) in [5, 5.41) is 8.82. The first-order chi connectivity index (χ1) is 8.04. The molecule has 0 saturated carbocycles. The molecule has 17 heavy (non-hydrogen) atoms. The Bertz CT molecular complexity index is 480. The quantitative estimate of drug-likeness (QED) is 0.762. The lowest BCUT2D eigenvalue weighted by atomic mass is 10.0. The van der Waals surface area contributed by atoms with Crippen LogP contribution in [0.15, 0.2) is 12.1 Å². The maximum Gasteiger partial charge on any atom is 0.339 e. The van der Waals surface area contributed by atoms with Crippen molar-refractivity contribution < 1.29 is 23.0 Å². The zero-order valence-electron chi connectivity index (χ0n) is 9.16. The van der Waals surface area contributed by atoms with Crippen molar-refractivity contribution in [3.8, 4) is 11.8 Å². The summed E-state index contributed by atoms with van der Waals surface area (Å²) in [6, 6.07) is 3.79. The summed E-state index contributed by atoms with van der Waals surface area (Å²) in [6.45, 7) is 0. The number of hydrogen-bond donors (Lipinski definition) is 0. The van der Waals surface area contributed by atoms with Crippen LogP contribution in [0.5, 0.6) is 5.75 Å². The van der Waals surface area contributed by atoms with E-state index in [9.17, 15) is 13.6 Å². The molecule has 0 aromatic heterocycles. The van der Waals surface area contributed by atoms with Crippen molar-refractivity contribution in [1.82, 2.24) is 0 Å². The van der Waals surface area contributed by atoms with Gasteiger partial charge in [0.15, 0.2) is 0 Å². The fraction of sp³-hybridized carbons (Fsp3) is 0.273. The minimum Gasteiger partial charge on any atom is -0.497 e. The van der Waals surface area contributed by atoms with E-state index in [4.69, 9.17) is 10.00 Å². The normalized spacial score (nSPS) is 9.88. The molecule has 0 saturated heterocycles. The van der Waals surface area contributed by atoms with E-state index in [1.54, 1.807) is 6.07 Å². The topological polar surface area (TPSA) is 59.3 Å². The Kier molecular flexibility index (Phi) is 3.99. The second-order valence-electron chi connectivity index (χ2n) is 3.04. The smallest absolute Gasteiger partial charge is 0.339 e. The van der Waals surface area contributed by atoms with Gasteiger partial charge in [-0.2, -0.15) is 5.26 Å². The van der Waals surface area contributed by atoms with Crippen LogP contribution in [0.3, 0.4) is 0 Å². The molecule has 0 radical (unpaired) electrons. The lowest BCUT2D eigenvalue weighted by Gasteiger charge is -2.10. The van der Waals surface area contributed by atoms with Crippen molar-refractivity contribution in [3.63, 3.8) is 0 Å². The summed E-state index contributed by atoms with van der Waals surface area (Å²) in [4.78, 5) is 11.4. The Morgan fingerprint density at radius 2 is 2.06 bits per heavy atom. The van der Waals surface area contributed by atoms with Crippen LogP contribution in [0, 0.1) is 11.3 Å². The fourth-order valence-corrected chi connectivity index (χ4v) is 1.32. The molecule has 90 valence electrons. The average molecular weight is 241 g/mol. The maximum atomic E-state index is 12.7. The van der Waals surface area contributed by atoms with E-state index in [1.807, 2.05) is 0 Å². The summed E-state index contributed by atoms with van der Waals surface area (Å²) in [6.07, 6.45) is -2.87. The monoisotopic (exact) mass is 241 g/mol. The SMILES string of the molecule is COC(=O)c1cc(OC)cc(C(F)F)c1C#N. The van der Waals surface area contributed by atoms with Gasteiger partial charge in [0.2, 0.25) is 0 Å². The summed E-state index contributed by atoms with van der Waals surface area (Å²) >= 11 is 0. The number of halogens is 2. The standard InChI is InChI=1S/C11H9F2NO3/c1-16-6-3-7(10(12)13)9(5-14)8(4-6)11(15)17-2/h3-4,10H,1-2H3. The second kappa shape index (κ2) is 5.25. The molecule has 0 N–H and O–H groups in total. The highest BCUT2D eigenvalue weighted by Gasteiger charge is 2.22. The molecule has 6 heteroatoms. The van der Waals surface area contributed by atoms with E-state index in [-0.39, 0.29) is 11.3 Å². The first kappa shape index (κ1) is 12.9. The molecule has 1 rings (SSSR count). The number of nitrogens with zero attached hydrogens (tertiary/aromatic N) is 1. The minimum atomic E-state index is -2.87. The number of methoxy groups -OCH3 is 2. The molecule has 0 spiro atoms. The molecule has 1 aromatic carbocycles. The van der Waals surface area contributed by atoms with Crippen molar-refractivity contribution in [2.75, 3.05) is 14.2 Å². The highest BCUT2D eigenvalue weighted by molar-refractivity contribution is 5.93. The number of carbonyl (C=O) groups is 1. The van der Waals surface area contributed by atoms with Gasteiger partial charge in [-0.15, -0.1) is 0 Å². The number of ether oxygens (including phenoxy) is 2. The first-order valence-corrected chi connectivity index (χ1v) is 4.53. The van der Waals surface area contributed by atoms with E-state index < -0.39 is 23.5 Å². The summed E-state index contributed by atoms with van der Waals surface area (Å²) in [7, 11) is 2.38. The van der Waals surface area contributed by atoms with E-state index in [2.05, 4.69) is 4.74 Å². The molecule has 4 nitrogen and oxygen atoms in total. The molecule has 0 atom stereocenters. The summed E-state index contributed by atoms with van der Waals surface area (Å²) < 4.78 is 34.7. The number of esters is 1. The fourth-order valence-electron chi connectivity index (χ4n) is 1.32. The molecule has 0 fully saturated rings. The number of nitriles is 1. The lowest BCUT2D eigenvalue weighted by molar-refractivity contribution is 0.0599. The van der Waals surface area contributed by atoms with Crippen LogP contribution in [0.1, 0.15) is 27.9 Å². The van der Waals surface area contributed by atoms with Crippen LogP contribution in [0.25, 0.3) is 0 Å². The van der Waals surface area contributed by atoms with Crippen molar-refractivity contribution in [3.05, 3.63) is 28.8 Å². The van der Waals surface area contributed by atoms with Gasteiger partial charge in [0.1, 0.15) is 11.8 Å². The maximum absolute atomic E-state index is 12.7. The third-order valence-electron chi connectivity index (χ3n) is 2.13. The summed E-state index contributed by atoms with van der Waals surface area (Å²) in [5.74, 6) is -0.790. The van der Waals surface area contributed by atoms with E-state index in [1.165, 1.54) is 13.2 Å². The predicted molar refractivity (Wildman–Crippen MR) is 54.0 cm³/mol. The molecule has 0 heterocycles. The number of benzene rings is 1. The highest BCUT2D eigenvalue weighted by Crippen LogP contribution is 2.30. The van der Waals surface area contributed by atoms with Crippen LogP contribution < -0.4 is 4.74 Å². The van der Waals surface area contributed by atoms with Gasteiger partial charge in [-0.25, -0.2) is 13.6 Å². The molecule has 0 aliphatic carbocycles. The molecule has 0 aliphatic rings. The average Bonchev–Trinajstić information content (AvgIpc) is 2.35. The van der Waals surface area contributed by atoms with Gasteiger partial charge in [-0.05, 0) is 12.1 Å². The number of rotatable bonds is 3.